The monoisotopic (exact) mass is 273 g/mol. The second-order valence-corrected chi connectivity index (χ2v) is 4.90. The summed E-state index contributed by atoms with van der Waals surface area (Å²) in [5.41, 5.74) is 2.42. The molecule has 0 saturated carbocycles. The Morgan fingerprint density at radius 3 is 2.80 bits per heavy atom. The lowest BCUT2D eigenvalue weighted by molar-refractivity contribution is 0.411. The highest BCUT2D eigenvalue weighted by Gasteiger charge is 2.14. The van der Waals surface area contributed by atoms with Crippen molar-refractivity contribution in [1.82, 2.24) is 14.9 Å². The Bertz CT molecular complexity index is 563. The van der Waals surface area contributed by atoms with Gasteiger partial charge >= 0.3 is 0 Å². The average molecular weight is 273 g/mol. The van der Waals surface area contributed by atoms with E-state index in [1.165, 1.54) is 5.56 Å². The summed E-state index contributed by atoms with van der Waals surface area (Å²) in [7, 11) is 3.69. The summed E-state index contributed by atoms with van der Waals surface area (Å²) in [6.45, 7) is 5.16. The molecule has 4 nitrogen and oxygen atoms in total. The standard InChI is InChI=1S/C16H23N3O/c1-5-19-9-8-18-16(19)11-14(17-3)13-6-7-15(20-4)12(2)10-13/h6-10,14,17H,5,11H2,1-4H3. The zero-order chi connectivity index (χ0) is 14.5. The summed E-state index contributed by atoms with van der Waals surface area (Å²) in [6, 6.07) is 6.58. The van der Waals surface area contributed by atoms with Gasteiger partial charge in [0, 0.05) is 31.4 Å². The SMILES string of the molecule is CCn1ccnc1CC(NC)c1ccc(OC)c(C)c1. The number of hydrogen-bond acceptors (Lipinski definition) is 3. The van der Waals surface area contributed by atoms with E-state index in [-0.39, 0.29) is 6.04 Å². The van der Waals surface area contributed by atoms with Crippen LogP contribution < -0.4 is 10.1 Å². The molecule has 2 rings (SSSR count). The number of nitrogens with zero attached hydrogens (tertiary/aromatic N) is 2. The third kappa shape index (κ3) is 3.02. The first-order valence-corrected chi connectivity index (χ1v) is 7.01. The first-order valence-electron chi connectivity index (χ1n) is 7.01. The first-order chi connectivity index (χ1) is 9.69. The molecule has 0 aliphatic carbocycles. The van der Waals surface area contributed by atoms with Gasteiger partial charge in [0.25, 0.3) is 0 Å². The van der Waals surface area contributed by atoms with Crippen LogP contribution in [-0.2, 0) is 13.0 Å². The zero-order valence-corrected chi connectivity index (χ0v) is 12.7. The van der Waals surface area contributed by atoms with E-state index < -0.39 is 0 Å². The number of aromatic nitrogens is 2. The van der Waals surface area contributed by atoms with Crippen molar-refractivity contribution in [2.45, 2.75) is 32.9 Å². The van der Waals surface area contributed by atoms with Gasteiger partial charge in [-0.2, -0.15) is 0 Å². The number of rotatable bonds is 6. The van der Waals surface area contributed by atoms with Crippen LogP contribution in [0.2, 0.25) is 0 Å². The Labute approximate surface area is 120 Å². The van der Waals surface area contributed by atoms with Crippen molar-refractivity contribution >= 4 is 0 Å². The molecule has 20 heavy (non-hydrogen) atoms. The molecular formula is C16H23N3O. The minimum Gasteiger partial charge on any atom is -0.496 e. The van der Waals surface area contributed by atoms with E-state index in [0.717, 1.165) is 30.1 Å². The molecule has 1 heterocycles. The quantitative estimate of drug-likeness (QED) is 0.879. The second-order valence-electron chi connectivity index (χ2n) is 4.90. The van der Waals surface area contributed by atoms with E-state index in [1.807, 2.05) is 25.5 Å². The molecule has 4 heteroatoms. The smallest absolute Gasteiger partial charge is 0.121 e. The third-order valence-corrected chi connectivity index (χ3v) is 3.70. The fraction of sp³-hybridized carbons (Fsp3) is 0.438. The van der Waals surface area contributed by atoms with Crippen molar-refractivity contribution in [3.8, 4) is 5.75 Å². The molecule has 0 aliphatic rings. The van der Waals surface area contributed by atoms with Crippen LogP contribution in [0.25, 0.3) is 0 Å². The number of methoxy groups -OCH3 is 1. The lowest BCUT2D eigenvalue weighted by atomic mass is 10.0. The molecule has 0 bridgehead atoms. The molecule has 2 aromatic rings. The van der Waals surface area contributed by atoms with Crippen LogP contribution in [0.1, 0.15) is 29.9 Å². The predicted molar refractivity (Wildman–Crippen MR) is 81.1 cm³/mol. The van der Waals surface area contributed by atoms with Crippen LogP contribution in [-0.4, -0.2) is 23.7 Å². The summed E-state index contributed by atoms with van der Waals surface area (Å²) in [4.78, 5) is 4.45. The molecular weight excluding hydrogens is 250 g/mol. The second kappa shape index (κ2) is 6.57. The van der Waals surface area contributed by atoms with Gasteiger partial charge in [-0.25, -0.2) is 4.98 Å². The molecule has 1 N–H and O–H groups in total. The Morgan fingerprint density at radius 2 is 2.20 bits per heavy atom. The number of nitrogens with one attached hydrogen (secondary N) is 1. The molecule has 1 atom stereocenters. The van der Waals surface area contributed by atoms with E-state index in [9.17, 15) is 0 Å². The topological polar surface area (TPSA) is 39.1 Å². The van der Waals surface area contributed by atoms with E-state index in [2.05, 4.69) is 40.8 Å². The number of likely N-dealkylation sites (N-methyl/N-ethyl adjacent to an activating group) is 1. The maximum Gasteiger partial charge on any atom is 0.121 e. The Morgan fingerprint density at radius 1 is 1.40 bits per heavy atom. The third-order valence-electron chi connectivity index (χ3n) is 3.70. The Hall–Kier alpha value is -1.81. The molecule has 0 fully saturated rings. The summed E-state index contributed by atoms with van der Waals surface area (Å²) < 4.78 is 7.50. The van der Waals surface area contributed by atoms with Crippen LogP contribution in [0, 0.1) is 6.92 Å². The maximum absolute atomic E-state index is 5.32. The van der Waals surface area contributed by atoms with Crippen molar-refractivity contribution in [2.24, 2.45) is 0 Å². The Kier molecular flexibility index (Phi) is 4.79. The van der Waals surface area contributed by atoms with Gasteiger partial charge in [-0.05, 0) is 38.1 Å². The van der Waals surface area contributed by atoms with Gasteiger partial charge < -0.3 is 14.6 Å². The highest BCUT2D eigenvalue weighted by molar-refractivity contribution is 5.37. The molecule has 1 aromatic heterocycles. The molecule has 0 amide bonds. The van der Waals surface area contributed by atoms with Crippen LogP contribution in [0.5, 0.6) is 5.75 Å². The summed E-state index contributed by atoms with van der Waals surface area (Å²) >= 11 is 0. The fourth-order valence-electron chi connectivity index (χ4n) is 2.51. The summed E-state index contributed by atoms with van der Waals surface area (Å²) in [5.74, 6) is 2.04. The zero-order valence-electron chi connectivity index (χ0n) is 12.7. The lowest BCUT2D eigenvalue weighted by Gasteiger charge is -2.18. The molecule has 1 aromatic carbocycles. The van der Waals surface area contributed by atoms with Crippen molar-refractivity contribution < 1.29 is 4.74 Å². The highest BCUT2D eigenvalue weighted by atomic mass is 16.5. The normalized spacial score (nSPS) is 12.4. The first kappa shape index (κ1) is 14.6. The lowest BCUT2D eigenvalue weighted by Crippen LogP contribution is -2.21. The average Bonchev–Trinajstić information content (AvgIpc) is 2.91. The van der Waals surface area contributed by atoms with Gasteiger partial charge in [0.05, 0.1) is 7.11 Å². The molecule has 1 unspecified atom stereocenters. The van der Waals surface area contributed by atoms with Crippen LogP contribution >= 0.6 is 0 Å². The van der Waals surface area contributed by atoms with Crippen molar-refractivity contribution in [1.29, 1.82) is 0 Å². The summed E-state index contributed by atoms with van der Waals surface area (Å²) in [6.07, 6.45) is 4.77. The van der Waals surface area contributed by atoms with Gasteiger partial charge in [0.2, 0.25) is 0 Å². The number of hydrogen-bond donors (Lipinski definition) is 1. The molecule has 0 spiro atoms. The van der Waals surface area contributed by atoms with Crippen molar-refractivity contribution in [3.05, 3.63) is 47.5 Å². The van der Waals surface area contributed by atoms with Crippen LogP contribution in [0.15, 0.2) is 30.6 Å². The number of aryl methyl sites for hydroxylation is 2. The Balaban J connectivity index is 2.22. The van der Waals surface area contributed by atoms with E-state index in [4.69, 9.17) is 4.74 Å². The van der Waals surface area contributed by atoms with Gasteiger partial charge in [0.15, 0.2) is 0 Å². The van der Waals surface area contributed by atoms with Gasteiger partial charge in [-0.3, -0.25) is 0 Å². The minimum atomic E-state index is 0.257. The maximum atomic E-state index is 5.32. The van der Waals surface area contributed by atoms with E-state index in [0.29, 0.717) is 0 Å². The van der Waals surface area contributed by atoms with Gasteiger partial charge in [0.1, 0.15) is 11.6 Å². The van der Waals surface area contributed by atoms with Gasteiger partial charge in [-0.15, -0.1) is 0 Å². The van der Waals surface area contributed by atoms with Gasteiger partial charge in [-0.1, -0.05) is 12.1 Å². The van der Waals surface area contributed by atoms with Crippen molar-refractivity contribution in [3.63, 3.8) is 0 Å². The minimum absolute atomic E-state index is 0.257. The number of imidazole rings is 1. The van der Waals surface area contributed by atoms with E-state index >= 15 is 0 Å². The fourth-order valence-corrected chi connectivity index (χ4v) is 2.51. The van der Waals surface area contributed by atoms with E-state index in [1.54, 1.807) is 7.11 Å². The van der Waals surface area contributed by atoms with Crippen LogP contribution in [0.4, 0.5) is 0 Å². The molecule has 0 radical (unpaired) electrons. The predicted octanol–water partition coefficient (Wildman–Crippen LogP) is 2.72. The number of ether oxygens (including phenoxy) is 1. The molecule has 108 valence electrons. The summed E-state index contributed by atoms with van der Waals surface area (Å²) in [5, 5.41) is 3.38. The number of benzene rings is 1. The highest BCUT2D eigenvalue weighted by Crippen LogP contribution is 2.24. The molecule has 0 aliphatic heterocycles. The van der Waals surface area contributed by atoms with Crippen molar-refractivity contribution in [2.75, 3.05) is 14.2 Å². The largest absolute Gasteiger partial charge is 0.496 e. The molecule has 0 saturated heterocycles. The van der Waals surface area contributed by atoms with Crippen LogP contribution in [0.3, 0.4) is 0 Å².